The fourth-order valence-electron chi connectivity index (χ4n) is 1.97. The van der Waals surface area contributed by atoms with Gasteiger partial charge in [0.15, 0.2) is 0 Å². The molecule has 0 saturated heterocycles. The molecule has 0 unspecified atom stereocenters. The normalized spacial score (nSPS) is 14.6. The van der Waals surface area contributed by atoms with Crippen molar-refractivity contribution in [2.75, 3.05) is 13.1 Å². The van der Waals surface area contributed by atoms with Gasteiger partial charge in [-0.2, -0.15) is 0 Å². The monoisotopic (exact) mass is 311 g/mol. The SMILES string of the molecule is C#CCN(CC1CC1)C(=O)c1ccccc1S(=O)(=O)Cl. The van der Waals surface area contributed by atoms with Crippen molar-refractivity contribution in [3.63, 3.8) is 0 Å². The number of rotatable bonds is 5. The first-order valence-electron chi connectivity index (χ1n) is 6.20. The number of hydrogen-bond donors (Lipinski definition) is 0. The number of halogens is 1. The van der Waals surface area contributed by atoms with Gasteiger partial charge in [-0.25, -0.2) is 8.42 Å². The van der Waals surface area contributed by atoms with Crippen molar-refractivity contribution < 1.29 is 13.2 Å². The van der Waals surface area contributed by atoms with E-state index >= 15 is 0 Å². The van der Waals surface area contributed by atoms with Gasteiger partial charge in [-0.1, -0.05) is 18.1 Å². The molecule has 1 amide bonds. The number of nitrogens with zero attached hydrogens (tertiary/aromatic N) is 1. The van der Waals surface area contributed by atoms with Gasteiger partial charge in [0.25, 0.3) is 15.0 Å². The summed E-state index contributed by atoms with van der Waals surface area (Å²) in [6.07, 6.45) is 7.42. The second-order valence-corrected chi connectivity index (χ2v) is 7.30. The molecule has 1 aliphatic carbocycles. The molecule has 1 aliphatic rings. The van der Waals surface area contributed by atoms with Crippen LogP contribution in [0.25, 0.3) is 0 Å². The molecule has 20 heavy (non-hydrogen) atoms. The molecule has 1 aromatic rings. The number of carbonyl (C=O) groups excluding carboxylic acids is 1. The van der Waals surface area contributed by atoms with E-state index < -0.39 is 15.0 Å². The van der Waals surface area contributed by atoms with E-state index in [4.69, 9.17) is 17.1 Å². The lowest BCUT2D eigenvalue weighted by Gasteiger charge is -2.21. The maximum atomic E-state index is 12.5. The van der Waals surface area contributed by atoms with Crippen LogP contribution in [-0.2, 0) is 9.05 Å². The van der Waals surface area contributed by atoms with Crippen LogP contribution >= 0.6 is 10.7 Å². The van der Waals surface area contributed by atoms with Gasteiger partial charge in [-0.3, -0.25) is 4.79 Å². The molecule has 1 saturated carbocycles. The summed E-state index contributed by atoms with van der Waals surface area (Å²) in [4.78, 5) is 13.8. The van der Waals surface area contributed by atoms with Crippen LogP contribution < -0.4 is 0 Å². The molecule has 0 aromatic heterocycles. The minimum absolute atomic E-state index is 0.0680. The predicted molar refractivity (Wildman–Crippen MR) is 76.9 cm³/mol. The Morgan fingerprint density at radius 1 is 1.40 bits per heavy atom. The Kier molecular flexibility index (Phi) is 4.36. The third-order valence-corrected chi connectivity index (χ3v) is 4.51. The van der Waals surface area contributed by atoms with E-state index in [0.717, 1.165) is 12.8 Å². The fourth-order valence-corrected chi connectivity index (χ4v) is 3.03. The molecule has 0 radical (unpaired) electrons. The van der Waals surface area contributed by atoms with Crippen LogP contribution in [0.15, 0.2) is 29.2 Å². The summed E-state index contributed by atoms with van der Waals surface area (Å²) in [5, 5.41) is 0. The summed E-state index contributed by atoms with van der Waals surface area (Å²) in [6.45, 7) is 0.714. The molecule has 0 spiro atoms. The topological polar surface area (TPSA) is 54.5 Å². The van der Waals surface area contributed by atoms with Gasteiger partial charge in [-0.05, 0) is 30.9 Å². The van der Waals surface area contributed by atoms with Crippen LogP contribution in [0, 0.1) is 18.3 Å². The molecule has 0 heterocycles. The van der Waals surface area contributed by atoms with E-state index in [9.17, 15) is 13.2 Å². The third kappa shape index (κ3) is 3.53. The number of amides is 1. The van der Waals surface area contributed by atoms with E-state index in [1.807, 2.05) is 0 Å². The maximum absolute atomic E-state index is 12.5. The Hall–Kier alpha value is -1.51. The Balaban J connectivity index is 2.33. The minimum atomic E-state index is -3.97. The number of hydrogen-bond acceptors (Lipinski definition) is 3. The summed E-state index contributed by atoms with van der Waals surface area (Å²) in [7, 11) is 1.40. The van der Waals surface area contributed by atoms with Crippen molar-refractivity contribution in [2.24, 2.45) is 5.92 Å². The van der Waals surface area contributed by atoms with Crippen molar-refractivity contribution in [2.45, 2.75) is 17.7 Å². The highest BCUT2D eigenvalue weighted by Crippen LogP contribution is 2.30. The van der Waals surface area contributed by atoms with Crippen molar-refractivity contribution >= 4 is 25.6 Å². The number of terminal acetylenes is 1. The van der Waals surface area contributed by atoms with Crippen LogP contribution in [0.3, 0.4) is 0 Å². The largest absolute Gasteiger partial charge is 0.327 e. The Morgan fingerprint density at radius 3 is 2.60 bits per heavy atom. The summed E-state index contributed by atoms with van der Waals surface area (Å²) in [6, 6.07) is 5.90. The van der Waals surface area contributed by atoms with Gasteiger partial charge in [0.1, 0.15) is 0 Å². The summed E-state index contributed by atoms with van der Waals surface area (Å²) in [5.74, 6) is 2.50. The molecule has 6 heteroatoms. The molecular formula is C14H14ClNO3S. The third-order valence-electron chi connectivity index (χ3n) is 3.13. The van der Waals surface area contributed by atoms with Gasteiger partial charge in [0.2, 0.25) is 0 Å². The van der Waals surface area contributed by atoms with E-state index in [0.29, 0.717) is 12.5 Å². The molecule has 0 atom stereocenters. The molecule has 4 nitrogen and oxygen atoms in total. The van der Waals surface area contributed by atoms with Crippen LogP contribution in [-0.4, -0.2) is 32.3 Å². The molecule has 1 aromatic carbocycles. The van der Waals surface area contributed by atoms with E-state index in [1.165, 1.54) is 23.1 Å². The highest BCUT2D eigenvalue weighted by atomic mass is 35.7. The molecule has 106 valence electrons. The van der Waals surface area contributed by atoms with Gasteiger partial charge in [0.05, 0.1) is 17.0 Å². The Bertz CT molecular complexity index is 659. The van der Waals surface area contributed by atoms with E-state index in [1.54, 1.807) is 6.07 Å². The minimum Gasteiger partial charge on any atom is -0.327 e. The highest BCUT2D eigenvalue weighted by molar-refractivity contribution is 8.13. The fraction of sp³-hybridized carbons (Fsp3) is 0.357. The Morgan fingerprint density at radius 2 is 2.05 bits per heavy atom. The molecule has 1 fully saturated rings. The molecular weight excluding hydrogens is 298 g/mol. The zero-order chi connectivity index (χ0) is 14.8. The van der Waals surface area contributed by atoms with Gasteiger partial charge in [-0.15, -0.1) is 6.42 Å². The zero-order valence-electron chi connectivity index (χ0n) is 10.8. The van der Waals surface area contributed by atoms with Crippen molar-refractivity contribution in [3.8, 4) is 12.3 Å². The molecule has 0 aliphatic heterocycles. The summed E-state index contributed by atoms with van der Waals surface area (Å²) in [5.41, 5.74) is 0.0680. The summed E-state index contributed by atoms with van der Waals surface area (Å²) >= 11 is 0. The summed E-state index contributed by atoms with van der Waals surface area (Å²) < 4.78 is 23.1. The van der Waals surface area contributed by atoms with Gasteiger partial charge in [0, 0.05) is 17.2 Å². The quantitative estimate of drug-likeness (QED) is 0.618. The number of benzene rings is 1. The van der Waals surface area contributed by atoms with Crippen molar-refractivity contribution in [1.82, 2.24) is 4.90 Å². The van der Waals surface area contributed by atoms with Crippen molar-refractivity contribution in [1.29, 1.82) is 0 Å². The standard InChI is InChI=1S/C14H14ClNO3S/c1-2-9-16(10-11-7-8-11)14(17)12-5-3-4-6-13(12)20(15,18)19/h1,3-6,11H,7-10H2. The molecule has 0 N–H and O–H groups in total. The lowest BCUT2D eigenvalue weighted by molar-refractivity contribution is 0.0766. The van der Waals surface area contributed by atoms with Gasteiger partial charge < -0.3 is 4.90 Å². The average Bonchev–Trinajstić information content (AvgIpc) is 3.20. The second-order valence-electron chi connectivity index (χ2n) is 4.77. The molecule has 0 bridgehead atoms. The maximum Gasteiger partial charge on any atom is 0.262 e. The lowest BCUT2D eigenvalue weighted by Crippen LogP contribution is -2.34. The molecule has 2 rings (SSSR count). The number of carbonyl (C=O) groups is 1. The van der Waals surface area contributed by atoms with E-state index in [2.05, 4.69) is 5.92 Å². The van der Waals surface area contributed by atoms with Crippen molar-refractivity contribution in [3.05, 3.63) is 29.8 Å². The lowest BCUT2D eigenvalue weighted by atomic mass is 10.2. The van der Waals surface area contributed by atoms with Crippen LogP contribution in [0.5, 0.6) is 0 Å². The average molecular weight is 312 g/mol. The smallest absolute Gasteiger partial charge is 0.262 e. The highest BCUT2D eigenvalue weighted by Gasteiger charge is 2.29. The first-order valence-corrected chi connectivity index (χ1v) is 8.51. The van der Waals surface area contributed by atoms with Crippen LogP contribution in [0.4, 0.5) is 0 Å². The Labute approximate surface area is 123 Å². The first kappa shape index (κ1) is 14.9. The van der Waals surface area contributed by atoms with Crippen LogP contribution in [0.2, 0.25) is 0 Å². The van der Waals surface area contributed by atoms with E-state index in [-0.39, 0.29) is 17.0 Å². The zero-order valence-corrected chi connectivity index (χ0v) is 12.3. The first-order chi connectivity index (χ1) is 9.43. The van der Waals surface area contributed by atoms with Crippen LogP contribution in [0.1, 0.15) is 23.2 Å². The second kappa shape index (κ2) is 5.86. The predicted octanol–water partition coefficient (Wildman–Crippen LogP) is 2.10. The van der Waals surface area contributed by atoms with Gasteiger partial charge >= 0.3 is 0 Å².